The van der Waals surface area contributed by atoms with Crippen molar-refractivity contribution in [2.45, 2.75) is 69.5 Å². The first-order valence-electron chi connectivity index (χ1n) is 14.8. The number of hydrogen-bond acceptors (Lipinski definition) is 7. The summed E-state index contributed by atoms with van der Waals surface area (Å²) in [6.45, 7) is 5.38. The molecule has 0 radical (unpaired) electrons. The van der Waals surface area contributed by atoms with Gasteiger partial charge >= 0.3 is 0 Å². The molecule has 2 aromatic carbocycles. The molecule has 2 aliphatic rings. The van der Waals surface area contributed by atoms with Crippen molar-refractivity contribution < 1.29 is 22.7 Å². The number of fused-ring (bicyclic) bond motifs is 1. The van der Waals surface area contributed by atoms with Crippen molar-refractivity contribution in [3.8, 4) is 5.75 Å². The number of carbonyl (C=O) groups excluding carboxylic acids is 2. The molecule has 0 spiro atoms. The fraction of sp³-hybridized carbons (Fsp3) is 0.452. The average molecular weight is 736 g/mol. The number of benzene rings is 2. The molecule has 1 aromatic heterocycles. The molecular weight excluding hydrogens is 696 g/mol. The van der Waals surface area contributed by atoms with Crippen LogP contribution in [0.25, 0.3) is 10.9 Å². The maximum Gasteiger partial charge on any atom is 0.245 e. The molecule has 2 aliphatic heterocycles. The molecule has 252 valence electrons. The Morgan fingerprint density at radius 1 is 1.07 bits per heavy atom. The van der Waals surface area contributed by atoms with E-state index in [1.807, 2.05) is 32.0 Å². The van der Waals surface area contributed by atoms with Gasteiger partial charge in [-0.2, -0.15) is 4.31 Å². The van der Waals surface area contributed by atoms with Gasteiger partial charge in [-0.15, -0.1) is 24.8 Å². The lowest BCUT2D eigenvalue weighted by atomic mass is 10.0. The largest absolute Gasteiger partial charge is 0.487 e. The fourth-order valence-corrected chi connectivity index (χ4v) is 8.52. The van der Waals surface area contributed by atoms with Gasteiger partial charge in [0.15, 0.2) is 0 Å². The number of likely N-dealkylation sites (tertiary alicyclic amines) is 1. The minimum Gasteiger partial charge on any atom is -0.487 e. The Kier molecular flexibility index (Phi) is 13.4. The number of nitrogens with two attached hydrogens (primary N) is 1. The topological polar surface area (TPSA) is 135 Å². The number of carbonyl (C=O) groups is 2. The quantitative estimate of drug-likeness (QED) is 0.309. The van der Waals surface area contributed by atoms with Crippen LogP contribution in [0.2, 0.25) is 10.0 Å². The van der Waals surface area contributed by atoms with Gasteiger partial charge in [0.25, 0.3) is 0 Å². The Labute approximate surface area is 292 Å². The maximum absolute atomic E-state index is 13.9. The van der Waals surface area contributed by atoms with Crippen LogP contribution in [-0.2, 0) is 26.2 Å². The van der Waals surface area contributed by atoms with Crippen molar-refractivity contribution in [2.24, 2.45) is 5.73 Å². The molecule has 3 aromatic rings. The summed E-state index contributed by atoms with van der Waals surface area (Å²) >= 11 is 13.2. The number of amides is 2. The number of aryl methyl sites for hydroxylation is 2. The highest BCUT2D eigenvalue weighted by atomic mass is 35.5. The second-order valence-electron chi connectivity index (χ2n) is 11.3. The number of pyridine rings is 1. The highest BCUT2D eigenvalue weighted by molar-refractivity contribution is 7.89. The van der Waals surface area contributed by atoms with Crippen molar-refractivity contribution in [1.82, 2.24) is 19.5 Å². The predicted molar refractivity (Wildman–Crippen MR) is 185 cm³/mol. The number of nitrogens with zero attached hydrogens (tertiary/aromatic N) is 3. The number of halogens is 4. The van der Waals surface area contributed by atoms with Crippen molar-refractivity contribution in [1.29, 1.82) is 0 Å². The van der Waals surface area contributed by atoms with Gasteiger partial charge in [-0.05, 0) is 69.4 Å². The standard InChI is InChI=1S/C31H37Cl2N5O5S.2ClH/c1-19-17-20(2)35-30-22(19)5-3-7-26(30)43-18-23-24(32)8-9-27(29(23)33)44(41,42)38-14-4-6-25(38)31(40)36-21-11-15-37(16-12-21)28(39)10-13-34;;/h3,5,7-9,17,21,25H,4,6,10-16,18,34H2,1-2H3,(H,36,40);2*1H/t25-;;/m0../s1. The molecule has 1 atom stereocenters. The second-order valence-corrected chi connectivity index (χ2v) is 14.0. The van der Waals surface area contributed by atoms with E-state index in [9.17, 15) is 18.0 Å². The van der Waals surface area contributed by atoms with E-state index in [4.69, 9.17) is 33.7 Å². The van der Waals surface area contributed by atoms with Crippen LogP contribution < -0.4 is 15.8 Å². The first kappa shape index (κ1) is 38.1. The maximum atomic E-state index is 13.9. The van der Waals surface area contributed by atoms with E-state index < -0.39 is 16.1 Å². The van der Waals surface area contributed by atoms with Gasteiger partial charge in [-0.1, -0.05) is 35.3 Å². The van der Waals surface area contributed by atoms with Crippen LogP contribution in [0.5, 0.6) is 5.75 Å². The second kappa shape index (κ2) is 16.1. The zero-order valence-electron chi connectivity index (χ0n) is 25.6. The fourth-order valence-electron chi connectivity index (χ4n) is 6.00. The molecule has 3 N–H and O–H groups in total. The van der Waals surface area contributed by atoms with Crippen molar-refractivity contribution >= 4 is 80.8 Å². The SMILES string of the molecule is Cc1cc(C)c2cccc(OCc3c(Cl)ccc(S(=O)(=O)N4CCC[C@H]4C(=O)NC4CCN(C(=O)CCN)CC4)c3Cl)c2n1.Cl.Cl. The Bertz CT molecular complexity index is 1690. The summed E-state index contributed by atoms with van der Waals surface area (Å²) in [4.78, 5) is 31.7. The van der Waals surface area contributed by atoms with E-state index in [2.05, 4.69) is 10.3 Å². The lowest BCUT2D eigenvalue weighted by Crippen LogP contribution is -2.52. The third-order valence-corrected chi connectivity index (χ3v) is 11.2. The van der Waals surface area contributed by atoms with Crippen LogP contribution in [0.1, 0.15) is 48.9 Å². The summed E-state index contributed by atoms with van der Waals surface area (Å²) in [5, 5.41) is 4.19. The first-order valence-corrected chi connectivity index (χ1v) is 17.0. The van der Waals surface area contributed by atoms with E-state index in [1.54, 1.807) is 11.0 Å². The Morgan fingerprint density at radius 3 is 2.48 bits per heavy atom. The molecule has 15 heteroatoms. The van der Waals surface area contributed by atoms with Crippen LogP contribution in [0.4, 0.5) is 0 Å². The summed E-state index contributed by atoms with van der Waals surface area (Å²) in [6.07, 6.45) is 2.43. The average Bonchev–Trinajstić information content (AvgIpc) is 3.49. The molecular formula is C31H39Cl4N5O5S. The Balaban J connectivity index is 0.00000288. The Hall–Kier alpha value is -2.38. The number of piperidine rings is 1. The normalized spacial score (nSPS) is 17.3. The number of para-hydroxylation sites is 1. The van der Waals surface area contributed by atoms with Gasteiger partial charge in [0, 0.05) is 60.3 Å². The van der Waals surface area contributed by atoms with Crippen molar-refractivity contribution in [2.75, 3.05) is 26.2 Å². The van der Waals surface area contributed by atoms with Crippen LogP contribution in [0.15, 0.2) is 41.3 Å². The summed E-state index contributed by atoms with van der Waals surface area (Å²) in [6, 6.07) is 9.48. The number of nitrogens with one attached hydrogen (secondary N) is 1. The smallest absolute Gasteiger partial charge is 0.245 e. The highest BCUT2D eigenvalue weighted by Gasteiger charge is 2.41. The molecule has 46 heavy (non-hydrogen) atoms. The van der Waals surface area contributed by atoms with Crippen LogP contribution in [0, 0.1) is 13.8 Å². The molecule has 2 fully saturated rings. The zero-order valence-corrected chi connectivity index (χ0v) is 29.6. The lowest BCUT2D eigenvalue weighted by molar-refractivity contribution is -0.132. The number of rotatable bonds is 9. The van der Waals surface area contributed by atoms with Gasteiger partial charge in [-0.25, -0.2) is 13.4 Å². The number of aromatic nitrogens is 1. The molecule has 10 nitrogen and oxygen atoms in total. The lowest BCUT2D eigenvalue weighted by Gasteiger charge is -2.33. The minimum absolute atomic E-state index is 0. The number of sulfonamides is 1. The molecule has 0 bridgehead atoms. The summed E-state index contributed by atoms with van der Waals surface area (Å²) in [5.41, 5.74) is 8.43. The summed E-state index contributed by atoms with van der Waals surface area (Å²) < 4.78 is 35.2. The third kappa shape index (κ3) is 8.01. The summed E-state index contributed by atoms with van der Waals surface area (Å²) in [7, 11) is -4.15. The zero-order chi connectivity index (χ0) is 31.6. The molecule has 2 saturated heterocycles. The van der Waals surface area contributed by atoms with Gasteiger partial charge < -0.3 is 20.7 Å². The minimum atomic E-state index is -4.15. The van der Waals surface area contributed by atoms with E-state index in [-0.39, 0.29) is 70.8 Å². The molecule has 3 heterocycles. The molecule has 0 saturated carbocycles. The van der Waals surface area contributed by atoms with E-state index in [0.717, 1.165) is 16.6 Å². The van der Waals surface area contributed by atoms with Gasteiger partial charge in [0.05, 0.1) is 5.02 Å². The van der Waals surface area contributed by atoms with Gasteiger partial charge in [0.1, 0.15) is 28.8 Å². The summed E-state index contributed by atoms with van der Waals surface area (Å²) in [5.74, 6) is 0.190. The molecule has 5 rings (SSSR count). The van der Waals surface area contributed by atoms with E-state index in [0.29, 0.717) is 68.6 Å². The monoisotopic (exact) mass is 733 g/mol. The highest BCUT2D eigenvalue weighted by Crippen LogP contribution is 2.37. The Morgan fingerprint density at radius 2 is 1.78 bits per heavy atom. The van der Waals surface area contributed by atoms with Crippen LogP contribution in [0.3, 0.4) is 0 Å². The number of hydrogen-bond donors (Lipinski definition) is 2. The van der Waals surface area contributed by atoms with Gasteiger partial charge in [0.2, 0.25) is 21.8 Å². The van der Waals surface area contributed by atoms with E-state index in [1.165, 1.54) is 16.4 Å². The van der Waals surface area contributed by atoms with Crippen molar-refractivity contribution in [3.63, 3.8) is 0 Å². The van der Waals surface area contributed by atoms with Gasteiger partial charge in [-0.3, -0.25) is 9.59 Å². The third-order valence-electron chi connectivity index (χ3n) is 8.31. The van der Waals surface area contributed by atoms with E-state index >= 15 is 0 Å². The molecule has 0 aliphatic carbocycles. The van der Waals surface area contributed by atoms with Crippen LogP contribution in [-0.4, -0.2) is 72.7 Å². The molecule has 2 amide bonds. The molecule has 0 unspecified atom stereocenters. The number of ether oxygens (including phenoxy) is 1. The first-order chi connectivity index (χ1) is 21.0. The predicted octanol–water partition coefficient (Wildman–Crippen LogP) is 5.19. The van der Waals surface area contributed by atoms with Crippen LogP contribution >= 0.6 is 48.0 Å². The van der Waals surface area contributed by atoms with Crippen molar-refractivity contribution in [3.05, 3.63) is 63.3 Å².